The third-order valence-corrected chi connectivity index (χ3v) is 2.86. The molecular weight excluding hydrogens is 312 g/mol. The molecule has 3 N–H and O–H groups in total. The molecule has 0 saturated carbocycles. The molecule has 19 heavy (non-hydrogen) atoms. The van der Waals surface area contributed by atoms with Crippen molar-refractivity contribution in [1.29, 1.82) is 0 Å². The van der Waals surface area contributed by atoms with Crippen LogP contribution in [-0.4, -0.2) is 23.7 Å². The number of carboxylic acid groups (broad SMARTS) is 1. The molecule has 5 nitrogen and oxygen atoms in total. The molecule has 0 fully saturated rings. The minimum atomic E-state index is -1.49. The first-order chi connectivity index (χ1) is 8.86. The average molecular weight is 327 g/mol. The van der Waals surface area contributed by atoms with E-state index in [1.54, 1.807) is 30.3 Å². The van der Waals surface area contributed by atoms with Gasteiger partial charge in [0.2, 0.25) is 0 Å². The average Bonchev–Trinajstić information content (AvgIpc) is 2.37. The van der Waals surface area contributed by atoms with E-state index in [1.165, 1.54) is 6.92 Å². The van der Waals surface area contributed by atoms with Gasteiger partial charge < -0.3 is 15.7 Å². The number of hydrogen-bond donors (Lipinski definition) is 3. The minimum Gasteiger partial charge on any atom is -0.479 e. The van der Waals surface area contributed by atoms with Crippen LogP contribution in [0.5, 0.6) is 0 Å². The van der Waals surface area contributed by atoms with Crippen molar-refractivity contribution in [2.24, 2.45) is 0 Å². The van der Waals surface area contributed by atoms with Crippen LogP contribution in [0.2, 0.25) is 0 Å². The van der Waals surface area contributed by atoms with Crippen LogP contribution >= 0.6 is 15.9 Å². The molecule has 0 saturated heterocycles. The van der Waals surface area contributed by atoms with Crippen molar-refractivity contribution in [3.05, 3.63) is 47.0 Å². The molecule has 102 valence electrons. The van der Waals surface area contributed by atoms with E-state index < -0.39 is 17.5 Å². The monoisotopic (exact) mass is 326 g/mol. The Morgan fingerprint density at radius 1 is 1.37 bits per heavy atom. The Balaban J connectivity index is 2.87. The number of carbonyl (C=O) groups excluding carboxylic acids is 1. The lowest BCUT2D eigenvalue weighted by Crippen LogP contribution is -2.53. The maximum absolute atomic E-state index is 11.7. The first-order valence-corrected chi connectivity index (χ1v) is 6.34. The zero-order valence-corrected chi connectivity index (χ0v) is 12.0. The van der Waals surface area contributed by atoms with Crippen LogP contribution in [0.25, 0.3) is 0 Å². The molecule has 0 aliphatic carbocycles. The molecule has 0 spiro atoms. The van der Waals surface area contributed by atoms with Gasteiger partial charge in [0.1, 0.15) is 0 Å². The van der Waals surface area contributed by atoms with Crippen molar-refractivity contribution in [2.45, 2.75) is 12.5 Å². The number of halogens is 1. The predicted octanol–water partition coefficient (Wildman–Crippen LogP) is 2.19. The SMILES string of the molecule is C=C(Br)CNC(=O)NC(C)(C(=O)O)c1ccccc1. The van der Waals surface area contributed by atoms with E-state index in [0.717, 1.165) is 0 Å². The molecule has 0 aliphatic rings. The Morgan fingerprint density at radius 2 is 1.95 bits per heavy atom. The van der Waals surface area contributed by atoms with Gasteiger partial charge in [0.25, 0.3) is 0 Å². The van der Waals surface area contributed by atoms with Crippen LogP contribution in [0.3, 0.4) is 0 Å². The highest BCUT2D eigenvalue weighted by atomic mass is 79.9. The normalized spacial score (nSPS) is 13.2. The molecule has 0 radical (unpaired) electrons. The summed E-state index contributed by atoms with van der Waals surface area (Å²) < 4.78 is 0.597. The van der Waals surface area contributed by atoms with E-state index in [1.807, 2.05) is 0 Å². The number of urea groups is 1. The first kappa shape index (κ1) is 15.2. The smallest absolute Gasteiger partial charge is 0.333 e. The summed E-state index contributed by atoms with van der Waals surface area (Å²) in [5.41, 5.74) is -0.991. The summed E-state index contributed by atoms with van der Waals surface area (Å²) in [6, 6.07) is 7.94. The van der Waals surface area contributed by atoms with Crippen LogP contribution in [0.4, 0.5) is 4.79 Å². The lowest BCUT2D eigenvalue weighted by atomic mass is 9.92. The lowest BCUT2D eigenvalue weighted by Gasteiger charge is -2.26. The minimum absolute atomic E-state index is 0.219. The fraction of sp³-hybridized carbons (Fsp3) is 0.231. The zero-order valence-electron chi connectivity index (χ0n) is 10.4. The highest BCUT2D eigenvalue weighted by Gasteiger charge is 2.36. The Labute approximate surface area is 119 Å². The van der Waals surface area contributed by atoms with Gasteiger partial charge in [-0.3, -0.25) is 0 Å². The van der Waals surface area contributed by atoms with E-state index in [2.05, 4.69) is 33.1 Å². The summed E-state index contributed by atoms with van der Waals surface area (Å²) in [5, 5.41) is 14.3. The third-order valence-electron chi connectivity index (χ3n) is 2.58. The van der Waals surface area contributed by atoms with Crippen molar-refractivity contribution in [1.82, 2.24) is 10.6 Å². The quantitative estimate of drug-likeness (QED) is 0.776. The molecule has 0 aromatic heterocycles. The standard InChI is InChI=1S/C13H15BrN2O3/c1-9(14)8-15-12(19)16-13(2,11(17)18)10-6-4-3-5-7-10/h3-7H,1,8H2,2H3,(H,17,18)(H2,15,16,19). The number of hydrogen-bond acceptors (Lipinski definition) is 2. The molecule has 6 heteroatoms. The van der Waals surface area contributed by atoms with E-state index in [0.29, 0.717) is 10.0 Å². The second kappa shape index (κ2) is 6.38. The van der Waals surface area contributed by atoms with Gasteiger partial charge in [0, 0.05) is 4.48 Å². The van der Waals surface area contributed by atoms with E-state index in [4.69, 9.17) is 0 Å². The maximum Gasteiger partial charge on any atom is 0.333 e. The molecule has 0 heterocycles. The van der Waals surface area contributed by atoms with Gasteiger partial charge in [-0.25, -0.2) is 9.59 Å². The van der Waals surface area contributed by atoms with Crippen LogP contribution < -0.4 is 10.6 Å². The van der Waals surface area contributed by atoms with Gasteiger partial charge >= 0.3 is 12.0 Å². The number of amides is 2. The van der Waals surface area contributed by atoms with Gasteiger partial charge in [0.05, 0.1) is 6.54 Å². The number of benzene rings is 1. The van der Waals surface area contributed by atoms with E-state index in [-0.39, 0.29) is 6.54 Å². The fourth-order valence-corrected chi connectivity index (χ4v) is 1.61. The molecular formula is C13H15BrN2O3. The van der Waals surface area contributed by atoms with Crippen LogP contribution in [-0.2, 0) is 10.3 Å². The van der Waals surface area contributed by atoms with Gasteiger partial charge in [-0.15, -0.1) is 0 Å². The number of carbonyl (C=O) groups is 2. The predicted molar refractivity (Wildman–Crippen MR) is 76.0 cm³/mol. The van der Waals surface area contributed by atoms with E-state index >= 15 is 0 Å². The topological polar surface area (TPSA) is 78.4 Å². The fourth-order valence-electron chi connectivity index (χ4n) is 1.47. The third kappa shape index (κ3) is 4.10. The van der Waals surface area contributed by atoms with Crippen molar-refractivity contribution < 1.29 is 14.7 Å². The van der Waals surface area contributed by atoms with E-state index in [9.17, 15) is 14.7 Å². The van der Waals surface area contributed by atoms with Gasteiger partial charge in [-0.1, -0.05) is 52.8 Å². The highest BCUT2D eigenvalue weighted by molar-refractivity contribution is 9.11. The summed E-state index contributed by atoms with van der Waals surface area (Å²) in [5.74, 6) is -1.13. The number of aliphatic carboxylic acids is 1. The maximum atomic E-state index is 11.7. The number of nitrogens with one attached hydrogen (secondary N) is 2. The van der Waals surface area contributed by atoms with Crippen molar-refractivity contribution in [3.63, 3.8) is 0 Å². The second-order valence-corrected chi connectivity index (χ2v) is 5.24. The molecule has 1 unspecified atom stereocenters. The Bertz CT molecular complexity index is 490. The first-order valence-electron chi connectivity index (χ1n) is 5.54. The number of carboxylic acids is 1. The van der Waals surface area contributed by atoms with Crippen molar-refractivity contribution >= 4 is 27.9 Å². The molecule has 1 rings (SSSR count). The molecule has 0 bridgehead atoms. The summed E-state index contributed by atoms with van der Waals surface area (Å²) in [4.78, 5) is 23.1. The Morgan fingerprint density at radius 3 is 2.42 bits per heavy atom. The lowest BCUT2D eigenvalue weighted by molar-refractivity contribution is -0.144. The molecule has 1 aromatic rings. The molecule has 1 atom stereocenters. The van der Waals surface area contributed by atoms with Crippen LogP contribution in [0.15, 0.2) is 41.4 Å². The summed E-state index contributed by atoms with van der Waals surface area (Å²) in [6.07, 6.45) is 0. The summed E-state index contributed by atoms with van der Waals surface area (Å²) in [6.45, 7) is 5.23. The Hall–Kier alpha value is -1.82. The number of rotatable bonds is 5. The molecule has 1 aromatic carbocycles. The summed E-state index contributed by atoms with van der Waals surface area (Å²) >= 11 is 3.10. The van der Waals surface area contributed by atoms with Gasteiger partial charge in [0.15, 0.2) is 5.54 Å². The highest BCUT2D eigenvalue weighted by Crippen LogP contribution is 2.20. The Kier molecular flexibility index (Phi) is 5.11. The molecule has 0 aliphatic heterocycles. The van der Waals surface area contributed by atoms with Crippen LogP contribution in [0, 0.1) is 0 Å². The summed E-state index contributed by atoms with van der Waals surface area (Å²) in [7, 11) is 0. The largest absolute Gasteiger partial charge is 0.479 e. The van der Waals surface area contributed by atoms with Crippen molar-refractivity contribution in [2.75, 3.05) is 6.54 Å². The van der Waals surface area contributed by atoms with Crippen molar-refractivity contribution in [3.8, 4) is 0 Å². The van der Waals surface area contributed by atoms with Crippen LogP contribution in [0.1, 0.15) is 12.5 Å². The zero-order chi connectivity index (χ0) is 14.5. The molecule has 2 amide bonds. The second-order valence-electron chi connectivity index (χ2n) is 4.12. The van der Waals surface area contributed by atoms with Gasteiger partial charge in [-0.2, -0.15) is 0 Å². The van der Waals surface area contributed by atoms with Gasteiger partial charge in [-0.05, 0) is 12.5 Å².